The van der Waals surface area contributed by atoms with Crippen molar-refractivity contribution in [3.05, 3.63) is 222 Å². The molecule has 0 saturated heterocycles. The summed E-state index contributed by atoms with van der Waals surface area (Å²) in [5, 5.41) is 2.63. The van der Waals surface area contributed by atoms with E-state index in [1.54, 1.807) is 11.1 Å². The van der Waals surface area contributed by atoms with Crippen LogP contribution in [0.1, 0.15) is 121 Å². The zero-order valence-corrected chi connectivity index (χ0v) is 46.3. The number of hydrogen-bond acceptors (Lipinski definition) is 3. The van der Waals surface area contributed by atoms with Crippen LogP contribution in [0.2, 0.25) is 0 Å². The molecule has 3 atom stereocenters. The van der Waals surface area contributed by atoms with E-state index < -0.39 is 0 Å². The molecule has 2 aliphatic heterocycles. The molecule has 3 unspecified atom stereocenters. The van der Waals surface area contributed by atoms with Crippen molar-refractivity contribution in [1.82, 2.24) is 0 Å². The molecule has 0 bridgehead atoms. The van der Waals surface area contributed by atoms with Gasteiger partial charge in [0.1, 0.15) is 0 Å². The average molecular weight is 1000 g/mol. The van der Waals surface area contributed by atoms with E-state index in [9.17, 15) is 0 Å². The van der Waals surface area contributed by atoms with Crippen molar-refractivity contribution in [1.29, 1.82) is 0 Å². The van der Waals surface area contributed by atoms with Crippen molar-refractivity contribution < 1.29 is 0 Å². The van der Waals surface area contributed by atoms with Crippen molar-refractivity contribution >= 4 is 88.7 Å². The molecule has 14 rings (SSSR count). The summed E-state index contributed by atoms with van der Waals surface area (Å²) in [5.41, 5.74) is 24.2. The number of rotatable bonds is 6. The Morgan fingerprint density at radius 1 is 0.513 bits per heavy atom. The third kappa shape index (κ3) is 7.26. The first-order valence-electron chi connectivity index (χ1n) is 28.0. The normalized spacial score (nSPS) is 19.5. The Kier molecular flexibility index (Phi) is 10.7. The lowest BCUT2D eigenvalue weighted by atomic mass is 9.29. The van der Waals surface area contributed by atoms with E-state index in [4.69, 9.17) is 0 Å². The minimum absolute atomic E-state index is 0.0260. The lowest BCUT2D eigenvalue weighted by Gasteiger charge is -2.58. The molecule has 0 amide bonds. The Balaban J connectivity index is 1.08. The van der Waals surface area contributed by atoms with Gasteiger partial charge in [0.05, 0.1) is 5.69 Å². The van der Waals surface area contributed by atoms with Gasteiger partial charge in [-0.3, -0.25) is 0 Å². The zero-order chi connectivity index (χ0) is 51.9. The minimum atomic E-state index is -0.0444. The summed E-state index contributed by atoms with van der Waals surface area (Å²) in [6.45, 7) is 19.3. The molecule has 1 aromatic heterocycles. The quantitative estimate of drug-likeness (QED) is 0.153. The summed E-state index contributed by atoms with van der Waals surface area (Å²) >= 11 is 1.89. The van der Waals surface area contributed by atoms with E-state index in [2.05, 4.69) is 259 Å². The van der Waals surface area contributed by atoms with E-state index in [0.717, 1.165) is 17.1 Å². The van der Waals surface area contributed by atoms with Gasteiger partial charge in [-0.2, -0.15) is 0 Å². The van der Waals surface area contributed by atoms with Gasteiger partial charge in [0, 0.05) is 60.1 Å². The van der Waals surface area contributed by atoms with Gasteiger partial charge in [-0.15, -0.1) is 11.3 Å². The van der Waals surface area contributed by atoms with Crippen molar-refractivity contribution in [2.75, 3.05) is 9.80 Å². The van der Waals surface area contributed by atoms with E-state index in [1.807, 2.05) is 11.3 Å². The van der Waals surface area contributed by atoms with Crippen LogP contribution in [-0.2, 0) is 16.2 Å². The van der Waals surface area contributed by atoms with E-state index in [0.29, 0.717) is 5.92 Å². The Morgan fingerprint density at radius 3 is 1.93 bits per heavy atom. The summed E-state index contributed by atoms with van der Waals surface area (Å²) in [4.78, 5) is 5.22. The first kappa shape index (κ1) is 47.3. The van der Waals surface area contributed by atoms with Gasteiger partial charge in [0.15, 0.2) is 0 Å². The molecular weight excluding hydrogens is 936 g/mol. The predicted octanol–water partition coefficient (Wildman–Crippen LogP) is 18.4. The maximum atomic E-state index is 2.70. The van der Waals surface area contributed by atoms with Crippen molar-refractivity contribution in [3.63, 3.8) is 0 Å². The van der Waals surface area contributed by atoms with E-state index in [-0.39, 0.29) is 28.4 Å². The fourth-order valence-electron chi connectivity index (χ4n) is 14.6. The summed E-state index contributed by atoms with van der Waals surface area (Å²) in [6.07, 6.45) is 6.30. The number of benzene rings is 9. The Labute approximate surface area is 455 Å². The summed E-state index contributed by atoms with van der Waals surface area (Å²) in [6, 6.07) is 75.3. The molecule has 2 nitrogen and oxygen atoms in total. The van der Waals surface area contributed by atoms with Crippen LogP contribution in [0.3, 0.4) is 0 Å². The number of hydrogen-bond donors (Lipinski definition) is 0. The Hall–Kier alpha value is -7.14. The van der Waals surface area contributed by atoms with E-state index in [1.165, 1.54) is 125 Å². The largest absolute Gasteiger partial charge is 0.311 e. The second-order valence-corrected chi connectivity index (χ2v) is 26.4. The van der Waals surface area contributed by atoms with Crippen LogP contribution >= 0.6 is 11.3 Å². The van der Waals surface area contributed by atoms with Crippen molar-refractivity contribution in [2.24, 2.45) is 5.41 Å². The second kappa shape index (κ2) is 17.2. The Bertz CT molecular complexity index is 3930. The number of thiophene rings is 1. The highest BCUT2D eigenvalue weighted by atomic mass is 32.1. The fraction of sp³-hybridized carbons (Fsp3) is 0.250. The summed E-state index contributed by atoms with van der Waals surface area (Å²) in [7, 11) is 0. The van der Waals surface area contributed by atoms with Crippen molar-refractivity contribution in [3.8, 4) is 22.3 Å². The van der Waals surface area contributed by atoms with Crippen LogP contribution in [0, 0.1) is 5.41 Å². The van der Waals surface area contributed by atoms with Gasteiger partial charge >= 0.3 is 0 Å². The predicted molar refractivity (Wildman–Crippen MR) is 328 cm³/mol. The topological polar surface area (TPSA) is 6.48 Å². The van der Waals surface area contributed by atoms with Crippen LogP contribution in [0.15, 0.2) is 194 Å². The lowest BCUT2D eigenvalue weighted by molar-refractivity contribution is 0.0603. The third-order valence-electron chi connectivity index (χ3n) is 18.9. The number of fused-ring (bicyclic) bond motifs is 9. The molecule has 1 fully saturated rings. The molecule has 4 heteroatoms. The van der Waals surface area contributed by atoms with Crippen LogP contribution < -0.4 is 26.2 Å². The molecule has 0 N–H and O–H groups in total. The Morgan fingerprint density at radius 2 is 1.17 bits per heavy atom. The molecule has 374 valence electrons. The maximum absolute atomic E-state index is 2.70. The first-order chi connectivity index (χ1) is 36.7. The molecule has 9 aromatic carbocycles. The number of nitrogens with zero attached hydrogens (tertiary/aromatic N) is 2. The maximum Gasteiger partial charge on any atom is 0.247 e. The van der Waals surface area contributed by atoms with Gasteiger partial charge in [-0.05, 0) is 157 Å². The van der Waals surface area contributed by atoms with Gasteiger partial charge in [0.25, 0.3) is 0 Å². The highest BCUT2D eigenvalue weighted by Crippen LogP contribution is 2.63. The van der Waals surface area contributed by atoms with Gasteiger partial charge < -0.3 is 9.80 Å². The highest BCUT2D eigenvalue weighted by Gasteiger charge is 2.56. The summed E-state index contributed by atoms with van der Waals surface area (Å²) in [5.74, 6) is 0.297. The third-order valence-corrected chi connectivity index (χ3v) is 20.0. The van der Waals surface area contributed by atoms with Crippen molar-refractivity contribution in [2.45, 2.75) is 110 Å². The number of anilines is 6. The molecule has 3 heterocycles. The molecular formula is C72H67BN2S. The van der Waals surface area contributed by atoms with Crippen LogP contribution in [0.5, 0.6) is 0 Å². The van der Waals surface area contributed by atoms with Crippen LogP contribution in [-0.4, -0.2) is 6.71 Å². The standard InChI is InChI=1S/C72H67BN2S/c1-69(2,3)49-28-31-51(32-29-49)74(53-33-35-55-54-24-15-16-27-65(54)76-66(55)44-53)52-34-36-60-63(43-52)75(62-37-30-50(70(4,5)6)42-56(62)47-22-13-10-14-23-47)64-41-48(46-20-11-9-12-21-46)40-57-58-45-71(7)38-17-18-39-72(71,8)59-25-19-26-61(67(58)59)73(60)68(57)64/h9-16,19-37,40-44,58H,17-18,38-39,45H2,1-8H3. The van der Waals surface area contributed by atoms with Gasteiger partial charge in [0.2, 0.25) is 6.71 Å². The van der Waals surface area contributed by atoms with Gasteiger partial charge in [-0.25, -0.2) is 0 Å². The molecule has 2 aliphatic carbocycles. The lowest BCUT2D eigenvalue weighted by Crippen LogP contribution is -2.64. The van der Waals surface area contributed by atoms with E-state index >= 15 is 0 Å². The minimum Gasteiger partial charge on any atom is -0.311 e. The molecule has 1 saturated carbocycles. The SMILES string of the molecule is CC(C)(C)c1ccc(N(c2ccc3c(c2)N(c2ccc(C(C)(C)C)cc2-c2ccccc2)c2cc(-c4ccccc4)cc4c2B3c2cccc3c2C4CC2(C)CCCCC32C)c2ccc3c(c2)sc2ccccc23)cc1. The summed E-state index contributed by atoms with van der Waals surface area (Å²) < 4.78 is 2.61. The van der Waals surface area contributed by atoms with Gasteiger partial charge in [-0.1, -0.05) is 207 Å². The first-order valence-corrected chi connectivity index (χ1v) is 28.8. The van der Waals surface area contributed by atoms with Crippen LogP contribution in [0.25, 0.3) is 42.4 Å². The zero-order valence-electron chi connectivity index (χ0n) is 45.5. The average Bonchev–Trinajstić information content (AvgIpc) is 3.86. The monoisotopic (exact) mass is 1000 g/mol. The fourth-order valence-corrected chi connectivity index (χ4v) is 15.7. The molecule has 0 spiro atoms. The smallest absolute Gasteiger partial charge is 0.247 e. The second-order valence-electron chi connectivity index (χ2n) is 25.3. The molecule has 0 radical (unpaired) electrons. The highest BCUT2D eigenvalue weighted by molar-refractivity contribution is 7.25. The molecule has 76 heavy (non-hydrogen) atoms. The van der Waals surface area contributed by atoms with Crippen LogP contribution in [0.4, 0.5) is 34.1 Å². The molecule has 4 aliphatic rings. The molecule has 10 aromatic rings.